The van der Waals surface area contributed by atoms with E-state index in [1.807, 2.05) is 13.8 Å². The molecule has 0 heterocycles. The number of rotatable bonds is 5. The first-order valence-corrected chi connectivity index (χ1v) is 5.65. The topological polar surface area (TPSA) is 56.8 Å². The van der Waals surface area contributed by atoms with E-state index in [4.69, 9.17) is 14.2 Å². The summed E-state index contributed by atoms with van der Waals surface area (Å²) in [7, 11) is 4.53. The Labute approximate surface area is 107 Å². The van der Waals surface area contributed by atoms with Crippen molar-refractivity contribution in [2.24, 2.45) is 0 Å². The first-order chi connectivity index (χ1) is 8.54. The van der Waals surface area contributed by atoms with Crippen molar-refractivity contribution in [3.63, 3.8) is 0 Å². The number of nitrogens with one attached hydrogen (secondary N) is 1. The van der Waals surface area contributed by atoms with E-state index in [0.717, 1.165) is 0 Å². The molecule has 1 aromatic rings. The molecule has 0 fully saturated rings. The number of amides is 1. The van der Waals surface area contributed by atoms with Crippen LogP contribution in [0.2, 0.25) is 0 Å². The molecule has 0 spiro atoms. The molecule has 0 bridgehead atoms. The lowest BCUT2D eigenvalue weighted by Crippen LogP contribution is -2.30. The van der Waals surface area contributed by atoms with Crippen LogP contribution >= 0.6 is 0 Å². The van der Waals surface area contributed by atoms with Crippen LogP contribution < -0.4 is 19.5 Å². The van der Waals surface area contributed by atoms with Gasteiger partial charge in [0.05, 0.1) is 26.9 Å². The van der Waals surface area contributed by atoms with Crippen molar-refractivity contribution in [1.29, 1.82) is 0 Å². The zero-order chi connectivity index (χ0) is 13.7. The number of methoxy groups -OCH3 is 3. The summed E-state index contributed by atoms with van der Waals surface area (Å²) in [5.74, 6) is 1.10. The minimum Gasteiger partial charge on any atom is -0.493 e. The van der Waals surface area contributed by atoms with Crippen molar-refractivity contribution >= 4 is 5.91 Å². The van der Waals surface area contributed by atoms with Crippen molar-refractivity contribution in [2.75, 3.05) is 21.3 Å². The van der Waals surface area contributed by atoms with Crippen LogP contribution in [-0.4, -0.2) is 33.3 Å². The molecule has 0 unspecified atom stereocenters. The molecule has 0 saturated carbocycles. The lowest BCUT2D eigenvalue weighted by Gasteiger charge is -2.16. The molecule has 0 aliphatic carbocycles. The third-order valence-corrected chi connectivity index (χ3v) is 2.37. The predicted octanol–water partition coefficient (Wildman–Crippen LogP) is 1.85. The Kier molecular flexibility index (Phi) is 4.83. The minimum atomic E-state index is -0.206. The Balaban J connectivity index is 3.24. The molecule has 0 atom stereocenters. The molecule has 0 radical (unpaired) electrons. The minimum absolute atomic E-state index is 0.0512. The van der Waals surface area contributed by atoms with E-state index < -0.39 is 0 Å². The van der Waals surface area contributed by atoms with E-state index in [1.54, 1.807) is 12.1 Å². The standard InChI is InChI=1S/C13H19NO4/c1-8(2)14-13(15)9-6-7-10(16-3)12(18-5)11(9)17-4/h6-8H,1-5H3,(H,14,15). The zero-order valence-electron chi connectivity index (χ0n) is 11.4. The lowest BCUT2D eigenvalue weighted by molar-refractivity contribution is 0.0939. The Morgan fingerprint density at radius 3 is 2.11 bits per heavy atom. The highest BCUT2D eigenvalue weighted by atomic mass is 16.5. The third kappa shape index (κ3) is 2.85. The maximum absolute atomic E-state index is 12.0. The largest absolute Gasteiger partial charge is 0.493 e. The Bertz CT molecular complexity index is 429. The fraction of sp³-hybridized carbons (Fsp3) is 0.462. The predicted molar refractivity (Wildman–Crippen MR) is 68.7 cm³/mol. The number of carbonyl (C=O) groups excluding carboxylic acids is 1. The van der Waals surface area contributed by atoms with Gasteiger partial charge in [0, 0.05) is 6.04 Å². The maximum Gasteiger partial charge on any atom is 0.255 e. The fourth-order valence-electron chi connectivity index (χ4n) is 1.62. The Hall–Kier alpha value is -1.91. The monoisotopic (exact) mass is 253 g/mol. The second-order valence-corrected chi connectivity index (χ2v) is 4.01. The third-order valence-electron chi connectivity index (χ3n) is 2.37. The van der Waals surface area contributed by atoms with Crippen LogP contribution in [0.4, 0.5) is 0 Å². The molecule has 0 saturated heterocycles. The molecule has 1 aromatic carbocycles. The molecule has 18 heavy (non-hydrogen) atoms. The smallest absolute Gasteiger partial charge is 0.255 e. The van der Waals surface area contributed by atoms with Gasteiger partial charge in [-0.05, 0) is 26.0 Å². The summed E-state index contributed by atoms with van der Waals surface area (Å²) >= 11 is 0. The van der Waals surface area contributed by atoms with Gasteiger partial charge in [-0.2, -0.15) is 0 Å². The van der Waals surface area contributed by atoms with Gasteiger partial charge in [0.25, 0.3) is 5.91 Å². The van der Waals surface area contributed by atoms with E-state index in [2.05, 4.69) is 5.32 Å². The average Bonchev–Trinajstić information content (AvgIpc) is 2.35. The average molecular weight is 253 g/mol. The van der Waals surface area contributed by atoms with Gasteiger partial charge in [-0.3, -0.25) is 4.79 Å². The molecular weight excluding hydrogens is 234 g/mol. The molecule has 5 nitrogen and oxygen atoms in total. The van der Waals surface area contributed by atoms with Crippen molar-refractivity contribution in [3.05, 3.63) is 17.7 Å². The summed E-state index contributed by atoms with van der Waals surface area (Å²) in [4.78, 5) is 12.0. The molecular formula is C13H19NO4. The van der Waals surface area contributed by atoms with Gasteiger partial charge in [-0.25, -0.2) is 0 Å². The fourth-order valence-corrected chi connectivity index (χ4v) is 1.62. The first kappa shape index (κ1) is 14.2. The van der Waals surface area contributed by atoms with Gasteiger partial charge in [0.1, 0.15) is 0 Å². The number of hydrogen-bond donors (Lipinski definition) is 1. The van der Waals surface area contributed by atoms with Crippen LogP contribution in [0.25, 0.3) is 0 Å². The van der Waals surface area contributed by atoms with Crippen LogP contribution in [0, 0.1) is 0 Å². The second kappa shape index (κ2) is 6.14. The van der Waals surface area contributed by atoms with Gasteiger partial charge >= 0.3 is 0 Å². The van der Waals surface area contributed by atoms with E-state index in [1.165, 1.54) is 21.3 Å². The van der Waals surface area contributed by atoms with Crippen LogP contribution in [0.1, 0.15) is 24.2 Å². The molecule has 0 aliphatic heterocycles. The normalized spacial score (nSPS) is 10.1. The SMILES string of the molecule is COc1ccc(C(=O)NC(C)C)c(OC)c1OC. The number of benzene rings is 1. The van der Waals surface area contributed by atoms with E-state index >= 15 is 0 Å². The van der Waals surface area contributed by atoms with Crippen LogP contribution in [0.15, 0.2) is 12.1 Å². The maximum atomic E-state index is 12.0. The summed E-state index contributed by atoms with van der Waals surface area (Å²) in [5, 5.41) is 2.81. The summed E-state index contributed by atoms with van der Waals surface area (Å²) in [5.41, 5.74) is 0.420. The quantitative estimate of drug-likeness (QED) is 0.870. The molecule has 1 amide bonds. The van der Waals surface area contributed by atoms with Crippen molar-refractivity contribution in [2.45, 2.75) is 19.9 Å². The number of ether oxygens (including phenoxy) is 3. The number of hydrogen-bond acceptors (Lipinski definition) is 4. The second-order valence-electron chi connectivity index (χ2n) is 4.01. The van der Waals surface area contributed by atoms with Crippen molar-refractivity contribution < 1.29 is 19.0 Å². The summed E-state index contributed by atoms with van der Waals surface area (Å²) in [6.45, 7) is 3.79. The number of carbonyl (C=O) groups is 1. The van der Waals surface area contributed by atoms with Gasteiger partial charge in [0.2, 0.25) is 5.75 Å². The van der Waals surface area contributed by atoms with Gasteiger partial charge < -0.3 is 19.5 Å². The molecule has 1 N–H and O–H groups in total. The van der Waals surface area contributed by atoms with Crippen molar-refractivity contribution in [1.82, 2.24) is 5.32 Å². The molecule has 0 aromatic heterocycles. The highest BCUT2D eigenvalue weighted by Crippen LogP contribution is 2.39. The summed E-state index contributed by atoms with van der Waals surface area (Å²) in [6.07, 6.45) is 0. The molecule has 5 heteroatoms. The first-order valence-electron chi connectivity index (χ1n) is 5.65. The van der Waals surface area contributed by atoms with Crippen LogP contribution in [0.3, 0.4) is 0 Å². The summed E-state index contributed by atoms with van der Waals surface area (Å²) in [6, 6.07) is 3.38. The Morgan fingerprint density at radius 1 is 1.06 bits per heavy atom. The zero-order valence-corrected chi connectivity index (χ0v) is 11.4. The van der Waals surface area contributed by atoms with E-state index in [-0.39, 0.29) is 11.9 Å². The van der Waals surface area contributed by atoms with Crippen LogP contribution in [0.5, 0.6) is 17.2 Å². The van der Waals surface area contributed by atoms with E-state index in [0.29, 0.717) is 22.8 Å². The summed E-state index contributed by atoms with van der Waals surface area (Å²) < 4.78 is 15.6. The van der Waals surface area contributed by atoms with E-state index in [9.17, 15) is 4.79 Å². The van der Waals surface area contributed by atoms with Gasteiger partial charge in [-0.15, -0.1) is 0 Å². The van der Waals surface area contributed by atoms with Gasteiger partial charge in [-0.1, -0.05) is 0 Å². The van der Waals surface area contributed by atoms with Gasteiger partial charge in [0.15, 0.2) is 11.5 Å². The Morgan fingerprint density at radius 2 is 1.67 bits per heavy atom. The van der Waals surface area contributed by atoms with Crippen LogP contribution in [-0.2, 0) is 0 Å². The van der Waals surface area contributed by atoms with Crippen molar-refractivity contribution in [3.8, 4) is 17.2 Å². The highest BCUT2D eigenvalue weighted by molar-refractivity contribution is 5.98. The molecule has 0 aliphatic rings. The highest BCUT2D eigenvalue weighted by Gasteiger charge is 2.20. The molecule has 1 rings (SSSR count). The lowest BCUT2D eigenvalue weighted by atomic mass is 10.1. The molecule has 100 valence electrons.